The number of aromatic nitrogens is 2. The zero-order valence-electron chi connectivity index (χ0n) is 15.8. The predicted molar refractivity (Wildman–Crippen MR) is 102 cm³/mol. The number of nitrogens with one attached hydrogen (secondary N) is 1. The summed E-state index contributed by atoms with van der Waals surface area (Å²) < 4.78 is 14.5. The molecule has 1 aromatic carbocycles. The van der Waals surface area contributed by atoms with Crippen molar-refractivity contribution in [1.82, 2.24) is 9.97 Å². The standard InChI is InChI=1S/C18H19N3O6S/c1-5-27-17(24)13-9-19-18(28-4)21-14(13)20-12-7-10(15(22)25-2)6-11(8-12)16(23)26-3/h6-9H,5H2,1-4H3,(H,19,20,21). The molecule has 0 amide bonds. The second-order valence-electron chi connectivity index (χ2n) is 5.25. The summed E-state index contributed by atoms with van der Waals surface area (Å²) in [6, 6.07) is 4.28. The molecule has 0 spiro atoms. The van der Waals surface area contributed by atoms with Crippen LogP contribution >= 0.6 is 11.8 Å². The summed E-state index contributed by atoms with van der Waals surface area (Å²) in [6.07, 6.45) is 3.14. The Morgan fingerprint density at radius 3 is 2.14 bits per heavy atom. The van der Waals surface area contributed by atoms with Gasteiger partial charge in [0.05, 0.1) is 32.0 Å². The second kappa shape index (κ2) is 9.70. The molecule has 0 bridgehead atoms. The number of carbonyl (C=O) groups excluding carboxylic acids is 3. The van der Waals surface area contributed by atoms with Gasteiger partial charge in [-0.15, -0.1) is 0 Å². The molecule has 9 nitrogen and oxygen atoms in total. The molecule has 0 saturated carbocycles. The van der Waals surface area contributed by atoms with E-state index in [9.17, 15) is 14.4 Å². The van der Waals surface area contributed by atoms with E-state index in [0.29, 0.717) is 10.8 Å². The first-order valence-electron chi connectivity index (χ1n) is 8.10. The molecule has 1 N–H and O–H groups in total. The maximum absolute atomic E-state index is 12.2. The van der Waals surface area contributed by atoms with E-state index in [0.717, 1.165) is 0 Å². The highest BCUT2D eigenvalue weighted by Gasteiger charge is 2.18. The fraction of sp³-hybridized carbons (Fsp3) is 0.278. The molecule has 0 fully saturated rings. The van der Waals surface area contributed by atoms with E-state index in [2.05, 4.69) is 15.3 Å². The van der Waals surface area contributed by atoms with Crippen molar-refractivity contribution in [3.63, 3.8) is 0 Å². The predicted octanol–water partition coefficient (Wildman–Crippen LogP) is 2.69. The van der Waals surface area contributed by atoms with Crippen molar-refractivity contribution in [2.75, 3.05) is 32.4 Å². The minimum atomic E-state index is -0.632. The van der Waals surface area contributed by atoms with Crippen LogP contribution in [0.4, 0.5) is 11.5 Å². The quantitative estimate of drug-likeness (QED) is 0.319. The number of rotatable bonds is 7. The number of nitrogens with zero attached hydrogens (tertiary/aromatic N) is 2. The summed E-state index contributed by atoms with van der Waals surface area (Å²) in [5, 5.41) is 3.37. The Labute approximate surface area is 165 Å². The average Bonchev–Trinajstić information content (AvgIpc) is 2.72. The Morgan fingerprint density at radius 1 is 1.04 bits per heavy atom. The van der Waals surface area contributed by atoms with E-state index in [4.69, 9.17) is 14.2 Å². The molecule has 2 rings (SSSR count). The summed E-state index contributed by atoms with van der Waals surface area (Å²) in [5.41, 5.74) is 0.705. The van der Waals surface area contributed by atoms with Gasteiger partial charge in [-0.05, 0) is 31.4 Å². The van der Waals surface area contributed by atoms with Gasteiger partial charge in [0.1, 0.15) is 11.4 Å². The lowest BCUT2D eigenvalue weighted by Gasteiger charge is -2.13. The molecule has 0 aliphatic carbocycles. The molecule has 0 unspecified atom stereocenters. The number of ether oxygens (including phenoxy) is 3. The molecule has 10 heteroatoms. The molecule has 1 heterocycles. The smallest absolute Gasteiger partial charge is 0.343 e. The van der Waals surface area contributed by atoms with E-state index < -0.39 is 17.9 Å². The van der Waals surface area contributed by atoms with Gasteiger partial charge in [0.2, 0.25) is 0 Å². The van der Waals surface area contributed by atoms with Gasteiger partial charge in [0, 0.05) is 11.9 Å². The van der Waals surface area contributed by atoms with Crippen LogP contribution in [0.2, 0.25) is 0 Å². The number of esters is 3. The molecule has 148 valence electrons. The summed E-state index contributed by atoms with van der Waals surface area (Å²) in [5.74, 6) is -1.69. The minimum absolute atomic E-state index is 0.114. The highest BCUT2D eigenvalue weighted by molar-refractivity contribution is 7.98. The van der Waals surface area contributed by atoms with Crippen LogP contribution in [0.15, 0.2) is 29.6 Å². The number of hydrogen-bond acceptors (Lipinski definition) is 10. The van der Waals surface area contributed by atoms with Gasteiger partial charge >= 0.3 is 17.9 Å². The fourth-order valence-electron chi connectivity index (χ4n) is 2.23. The molecule has 0 aliphatic heterocycles. The van der Waals surface area contributed by atoms with Gasteiger partial charge in [-0.1, -0.05) is 11.8 Å². The second-order valence-corrected chi connectivity index (χ2v) is 6.02. The number of anilines is 2. The lowest BCUT2D eigenvalue weighted by atomic mass is 10.1. The maximum atomic E-state index is 12.2. The summed E-state index contributed by atoms with van der Waals surface area (Å²) in [7, 11) is 2.46. The SMILES string of the molecule is CCOC(=O)c1cnc(SC)nc1Nc1cc(C(=O)OC)cc(C(=O)OC)c1. The van der Waals surface area contributed by atoms with Gasteiger partial charge in [-0.3, -0.25) is 0 Å². The molecule has 28 heavy (non-hydrogen) atoms. The van der Waals surface area contributed by atoms with Crippen LogP contribution in [0, 0.1) is 0 Å². The van der Waals surface area contributed by atoms with Gasteiger partial charge in [0.15, 0.2) is 5.16 Å². The molecular weight excluding hydrogens is 386 g/mol. The highest BCUT2D eigenvalue weighted by atomic mass is 32.2. The van der Waals surface area contributed by atoms with Crippen LogP contribution in [0.25, 0.3) is 0 Å². The largest absolute Gasteiger partial charge is 0.465 e. The lowest BCUT2D eigenvalue weighted by molar-refractivity contribution is 0.0524. The first kappa shape index (κ1) is 21.2. The Bertz CT molecular complexity index is 869. The van der Waals surface area contributed by atoms with Crippen LogP contribution < -0.4 is 5.32 Å². The number of thioether (sulfide) groups is 1. The minimum Gasteiger partial charge on any atom is -0.465 e. The number of hydrogen-bond donors (Lipinski definition) is 1. The van der Waals surface area contributed by atoms with Crippen molar-refractivity contribution in [2.24, 2.45) is 0 Å². The summed E-state index contributed by atoms with van der Waals surface area (Å²) in [4.78, 5) is 44.4. The van der Waals surface area contributed by atoms with Crippen LogP contribution in [0.5, 0.6) is 0 Å². The normalized spacial score (nSPS) is 10.1. The van der Waals surface area contributed by atoms with Crippen molar-refractivity contribution in [2.45, 2.75) is 12.1 Å². The van der Waals surface area contributed by atoms with Crippen molar-refractivity contribution in [3.05, 3.63) is 41.1 Å². The van der Waals surface area contributed by atoms with Crippen molar-refractivity contribution >= 4 is 41.2 Å². The van der Waals surface area contributed by atoms with Gasteiger partial charge in [0.25, 0.3) is 0 Å². The van der Waals surface area contributed by atoms with Gasteiger partial charge in [-0.25, -0.2) is 24.4 Å². The van der Waals surface area contributed by atoms with Crippen LogP contribution in [-0.2, 0) is 14.2 Å². The molecular formula is C18H19N3O6S. The first-order chi connectivity index (χ1) is 13.4. The monoisotopic (exact) mass is 405 g/mol. The van der Waals surface area contributed by atoms with Gasteiger partial charge < -0.3 is 19.5 Å². The van der Waals surface area contributed by atoms with E-state index in [-0.39, 0.29) is 29.1 Å². The highest BCUT2D eigenvalue weighted by Crippen LogP contribution is 2.24. The number of methoxy groups -OCH3 is 2. The lowest BCUT2D eigenvalue weighted by Crippen LogP contribution is -2.12. The molecule has 2 aromatic rings. The van der Waals surface area contributed by atoms with Crippen LogP contribution in [-0.4, -0.2) is 55.0 Å². The maximum Gasteiger partial charge on any atom is 0.343 e. The average molecular weight is 405 g/mol. The third kappa shape index (κ3) is 4.97. The molecule has 0 radical (unpaired) electrons. The number of benzene rings is 1. The van der Waals surface area contributed by atoms with Crippen LogP contribution in [0.1, 0.15) is 38.0 Å². The van der Waals surface area contributed by atoms with Crippen molar-refractivity contribution < 1.29 is 28.6 Å². The third-order valence-corrected chi connectivity index (χ3v) is 4.04. The molecule has 0 aliphatic rings. The zero-order chi connectivity index (χ0) is 20.7. The van der Waals surface area contributed by atoms with E-state index in [1.165, 1.54) is 50.4 Å². The number of carbonyl (C=O) groups is 3. The Hall–Kier alpha value is -3.14. The van der Waals surface area contributed by atoms with Crippen LogP contribution in [0.3, 0.4) is 0 Å². The van der Waals surface area contributed by atoms with E-state index in [1.54, 1.807) is 13.2 Å². The molecule has 0 saturated heterocycles. The molecule has 1 aromatic heterocycles. The van der Waals surface area contributed by atoms with E-state index >= 15 is 0 Å². The first-order valence-corrected chi connectivity index (χ1v) is 9.32. The Kier molecular flexibility index (Phi) is 7.33. The summed E-state index contributed by atoms with van der Waals surface area (Å²) in [6.45, 7) is 1.87. The van der Waals surface area contributed by atoms with Gasteiger partial charge in [-0.2, -0.15) is 0 Å². The fourth-order valence-corrected chi connectivity index (χ4v) is 2.57. The summed E-state index contributed by atoms with van der Waals surface area (Å²) >= 11 is 1.29. The van der Waals surface area contributed by atoms with E-state index in [1.807, 2.05) is 0 Å². The topological polar surface area (TPSA) is 117 Å². The Balaban J connectivity index is 2.52. The Morgan fingerprint density at radius 2 is 1.64 bits per heavy atom. The molecule has 0 atom stereocenters. The van der Waals surface area contributed by atoms with Crippen molar-refractivity contribution in [1.29, 1.82) is 0 Å². The third-order valence-electron chi connectivity index (χ3n) is 3.48. The van der Waals surface area contributed by atoms with Crippen molar-refractivity contribution in [3.8, 4) is 0 Å². The zero-order valence-corrected chi connectivity index (χ0v) is 16.6.